The van der Waals surface area contributed by atoms with Crippen molar-refractivity contribution in [3.8, 4) is 0 Å². The van der Waals surface area contributed by atoms with Crippen molar-refractivity contribution in [1.29, 1.82) is 0 Å². The lowest BCUT2D eigenvalue weighted by Crippen LogP contribution is -2.63. The van der Waals surface area contributed by atoms with E-state index in [-0.39, 0.29) is 29.9 Å². The normalized spacial score (nSPS) is 21.4. The van der Waals surface area contributed by atoms with Crippen molar-refractivity contribution >= 4 is 11.8 Å². The summed E-state index contributed by atoms with van der Waals surface area (Å²) in [6.45, 7) is 10.8. The maximum absolute atomic E-state index is 11.9. The van der Waals surface area contributed by atoms with Gasteiger partial charge in [0, 0.05) is 6.54 Å². The Kier molecular flexibility index (Phi) is 4.73. The molecular weight excluding hydrogens is 232 g/mol. The van der Waals surface area contributed by atoms with E-state index >= 15 is 0 Å². The number of nitrogens with one attached hydrogen (secondary N) is 1. The monoisotopic (exact) mass is 256 g/mol. The van der Waals surface area contributed by atoms with E-state index in [0.717, 1.165) is 0 Å². The molecule has 104 valence electrons. The third kappa shape index (κ3) is 3.70. The summed E-state index contributed by atoms with van der Waals surface area (Å²) in [5.74, 6) is -0.117. The average Bonchev–Trinajstić information content (AvgIpc) is 2.20. The predicted octanol–water partition coefficient (Wildman–Crippen LogP) is 0.785. The van der Waals surface area contributed by atoms with Crippen molar-refractivity contribution < 1.29 is 14.3 Å². The largest absolute Gasteiger partial charge is 0.377 e. The lowest BCUT2D eigenvalue weighted by molar-refractivity contribution is -0.151. The quantitative estimate of drug-likeness (QED) is 0.809. The van der Waals surface area contributed by atoms with Crippen molar-refractivity contribution in [3.63, 3.8) is 0 Å². The molecule has 0 aliphatic carbocycles. The lowest BCUT2D eigenvalue weighted by atomic mass is 9.84. The fourth-order valence-corrected chi connectivity index (χ4v) is 2.15. The van der Waals surface area contributed by atoms with Gasteiger partial charge in [-0.05, 0) is 19.3 Å². The van der Waals surface area contributed by atoms with E-state index in [1.54, 1.807) is 4.90 Å². The molecule has 0 aromatic rings. The zero-order valence-corrected chi connectivity index (χ0v) is 11.9. The Balaban J connectivity index is 2.74. The third-order valence-corrected chi connectivity index (χ3v) is 2.90. The van der Waals surface area contributed by atoms with Crippen LogP contribution in [-0.4, -0.2) is 48.6 Å². The van der Waals surface area contributed by atoms with Gasteiger partial charge >= 0.3 is 0 Å². The zero-order valence-electron chi connectivity index (χ0n) is 11.9. The summed E-state index contributed by atoms with van der Waals surface area (Å²) >= 11 is 0. The fourth-order valence-electron chi connectivity index (χ4n) is 2.15. The molecule has 1 saturated heterocycles. The molecule has 2 amide bonds. The molecule has 1 unspecified atom stereocenters. The molecule has 18 heavy (non-hydrogen) atoms. The number of hydrogen-bond acceptors (Lipinski definition) is 3. The van der Waals surface area contributed by atoms with Crippen molar-refractivity contribution in [3.05, 3.63) is 0 Å². The minimum absolute atomic E-state index is 0.0399. The van der Waals surface area contributed by atoms with Crippen LogP contribution in [0, 0.1) is 5.41 Å². The van der Waals surface area contributed by atoms with Crippen LogP contribution in [0.2, 0.25) is 0 Å². The van der Waals surface area contributed by atoms with E-state index < -0.39 is 6.04 Å². The number of rotatable bonds is 4. The van der Waals surface area contributed by atoms with Crippen LogP contribution in [0.4, 0.5) is 0 Å². The molecule has 0 bridgehead atoms. The first-order valence-corrected chi connectivity index (χ1v) is 6.42. The van der Waals surface area contributed by atoms with E-state index in [1.165, 1.54) is 0 Å². The summed E-state index contributed by atoms with van der Waals surface area (Å²) in [5, 5.41) is 2.65. The van der Waals surface area contributed by atoms with Gasteiger partial charge in [0.15, 0.2) is 0 Å². The highest BCUT2D eigenvalue weighted by molar-refractivity contribution is 5.95. The topological polar surface area (TPSA) is 58.6 Å². The SMILES string of the molecule is CC(C)OCCN1C(=O)CNC(=O)C1C(C)(C)C. The van der Waals surface area contributed by atoms with E-state index in [9.17, 15) is 9.59 Å². The number of ether oxygens (including phenoxy) is 1. The number of carbonyl (C=O) groups excluding carboxylic acids is 2. The van der Waals surface area contributed by atoms with E-state index in [1.807, 2.05) is 34.6 Å². The summed E-state index contributed by atoms with van der Waals surface area (Å²) in [4.78, 5) is 25.5. The van der Waals surface area contributed by atoms with Crippen LogP contribution >= 0.6 is 0 Å². The van der Waals surface area contributed by atoms with Gasteiger partial charge in [-0.15, -0.1) is 0 Å². The first-order chi connectivity index (χ1) is 8.23. The van der Waals surface area contributed by atoms with Gasteiger partial charge in [-0.2, -0.15) is 0 Å². The van der Waals surface area contributed by atoms with Gasteiger partial charge < -0.3 is 15.0 Å². The second-order valence-corrected chi connectivity index (χ2v) is 5.99. The predicted molar refractivity (Wildman–Crippen MR) is 69.1 cm³/mol. The molecule has 1 fully saturated rings. The molecule has 0 aromatic heterocycles. The van der Waals surface area contributed by atoms with Gasteiger partial charge in [0.1, 0.15) is 6.04 Å². The van der Waals surface area contributed by atoms with Crippen LogP contribution in [0.15, 0.2) is 0 Å². The number of piperazine rings is 1. The van der Waals surface area contributed by atoms with Crippen LogP contribution in [-0.2, 0) is 14.3 Å². The maximum Gasteiger partial charge on any atom is 0.243 e. The fraction of sp³-hybridized carbons (Fsp3) is 0.846. The number of hydrogen-bond donors (Lipinski definition) is 1. The molecule has 0 saturated carbocycles. The van der Waals surface area contributed by atoms with Gasteiger partial charge in [0.05, 0.1) is 19.3 Å². The molecule has 5 nitrogen and oxygen atoms in total. The van der Waals surface area contributed by atoms with Crippen molar-refractivity contribution in [2.75, 3.05) is 19.7 Å². The molecule has 1 aliphatic heterocycles. The highest BCUT2D eigenvalue weighted by atomic mass is 16.5. The summed E-state index contributed by atoms with van der Waals surface area (Å²) in [7, 11) is 0. The third-order valence-electron chi connectivity index (χ3n) is 2.90. The van der Waals surface area contributed by atoms with Crippen molar-refractivity contribution in [1.82, 2.24) is 10.2 Å². The maximum atomic E-state index is 11.9. The molecule has 1 N–H and O–H groups in total. The van der Waals surface area contributed by atoms with Crippen LogP contribution in [0.1, 0.15) is 34.6 Å². The van der Waals surface area contributed by atoms with E-state index in [2.05, 4.69) is 5.32 Å². The zero-order chi connectivity index (χ0) is 13.9. The van der Waals surface area contributed by atoms with E-state index in [4.69, 9.17) is 4.74 Å². The second kappa shape index (κ2) is 5.69. The summed E-state index contributed by atoms with van der Waals surface area (Å²) < 4.78 is 5.46. The molecule has 1 heterocycles. The molecule has 1 atom stereocenters. The average molecular weight is 256 g/mol. The minimum atomic E-state index is -0.422. The van der Waals surface area contributed by atoms with Gasteiger partial charge in [0.25, 0.3) is 0 Å². The van der Waals surface area contributed by atoms with Gasteiger partial charge in [-0.3, -0.25) is 9.59 Å². The van der Waals surface area contributed by atoms with Crippen LogP contribution in [0.25, 0.3) is 0 Å². The highest BCUT2D eigenvalue weighted by Gasteiger charge is 2.41. The number of nitrogens with zero attached hydrogens (tertiary/aromatic N) is 1. The first-order valence-electron chi connectivity index (χ1n) is 6.42. The molecule has 5 heteroatoms. The standard InChI is InChI=1S/C13H24N2O3/c1-9(2)18-7-6-15-10(16)8-14-12(17)11(15)13(3,4)5/h9,11H,6-8H2,1-5H3,(H,14,17). The van der Waals surface area contributed by atoms with Gasteiger partial charge in [0.2, 0.25) is 11.8 Å². The molecule has 1 rings (SSSR count). The Morgan fingerprint density at radius 3 is 2.50 bits per heavy atom. The minimum Gasteiger partial charge on any atom is -0.377 e. The molecule has 1 aliphatic rings. The van der Waals surface area contributed by atoms with Gasteiger partial charge in [-0.1, -0.05) is 20.8 Å². The second-order valence-electron chi connectivity index (χ2n) is 5.99. The van der Waals surface area contributed by atoms with Crippen molar-refractivity contribution in [2.45, 2.75) is 46.8 Å². The molecule has 0 spiro atoms. The Labute approximate surface area is 109 Å². The molecular formula is C13H24N2O3. The number of carbonyl (C=O) groups is 2. The van der Waals surface area contributed by atoms with Crippen molar-refractivity contribution in [2.24, 2.45) is 5.41 Å². The van der Waals surface area contributed by atoms with Crippen LogP contribution in [0.5, 0.6) is 0 Å². The Hall–Kier alpha value is -1.10. The summed E-state index contributed by atoms with van der Waals surface area (Å²) in [5.41, 5.74) is -0.280. The highest BCUT2D eigenvalue weighted by Crippen LogP contribution is 2.26. The van der Waals surface area contributed by atoms with Crippen LogP contribution in [0.3, 0.4) is 0 Å². The summed E-state index contributed by atoms with van der Waals surface area (Å²) in [6.07, 6.45) is 0.131. The Bertz CT molecular complexity index is 321. The molecule has 0 radical (unpaired) electrons. The van der Waals surface area contributed by atoms with Crippen LogP contribution < -0.4 is 5.32 Å². The molecule has 0 aromatic carbocycles. The van der Waals surface area contributed by atoms with E-state index in [0.29, 0.717) is 13.2 Å². The van der Waals surface area contributed by atoms with Gasteiger partial charge in [-0.25, -0.2) is 0 Å². The lowest BCUT2D eigenvalue weighted by Gasteiger charge is -2.42. The Morgan fingerprint density at radius 1 is 1.39 bits per heavy atom. The smallest absolute Gasteiger partial charge is 0.243 e. The Morgan fingerprint density at radius 2 is 2.00 bits per heavy atom. The summed E-state index contributed by atoms with van der Waals surface area (Å²) in [6, 6.07) is -0.422. The first kappa shape index (κ1) is 15.0. The number of amides is 2.